The van der Waals surface area contributed by atoms with Crippen LogP contribution in [0.2, 0.25) is 0 Å². The average molecular weight is 775 g/mol. The van der Waals surface area contributed by atoms with Crippen molar-refractivity contribution in [1.82, 2.24) is 0 Å². The third kappa shape index (κ3) is 8.56. The third-order valence-electron chi connectivity index (χ3n) is 8.85. The third-order valence-corrected chi connectivity index (χ3v) is 8.85. The Morgan fingerprint density at radius 3 is 1.88 bits per heavy atom. The van der Waals surface area contributed by atoms with Crippen molar-refractivity contribution < 1.29 is 23.3 Å². The van der Waals surface area contributed by atoms with Crippen molar-refractivity contribution in [3.8, 4) is 22.3 Å². The van der Waals surface area contributed by atoms with Gasteiger partial charge in [-0.2, -0.15) is 12.1 Å². The first-order valence-corrected chi connectivity index (χ1v) is 19.7. The summed E-state index contributed by atoms with van der Waals surface area (Å²) >= 11 is 1.36. The minimum absolute atomic E-state index is 0. The van der Waals surface area contributed by atoms with Gasteiger partial charge in [0.2, 0.25) is 0 Å². The number of hydrogen-bond donors (Lipinski definition) is 0. The van der Waals surface area contributed by atoms with Crippen molar-refractivity contribution in [2.45, 2.75) is 33.6 Å². The van der Waals surface area contributed by atoms with Crippen LogP contribution in [0.5, 0.6) is 0 Å². The summed E-state index contributed by atoms with van der Waals surface area (Å²) in [6.45, 7) is 11.9. The van der Waals surface area contributed by atoms with Gasteiger partial charge < -0.3 is 14.9 Å². The van der Waals surface area contributed by atoms with E-state index in [0.29, 0.717) is 5.92 Å². The van der Waals surface area contributed by atoms with Crippen LogP contribution in [0.15, 0.2) is 140 Å². The van der Waals surface area contributed by atoms with E-state index in [1.807, 2.05) is 0 Å². The first kappa shape index (κ1) is 41.9. The molecule has 0 amide bonds. The van der Waals surface area contributed by atoms with Crippen LogP contribution in [-0.2, 0) is 23.3 Å². The van der Waals surface area contributed by atoms with Crippen molar-refractivity contribution >= 4 is 74.8 Å². The molecule has 0 unspecified atom stereocenters. The molecule has 0 aliphatic rings. The predicted octanol–water partition coefficient (Wildman–Crippen LogP) is 13.9. The molecule has 8 rings (SSSR count). The Hall–Kier alpha value is -3.26. The Kier molecular flexibility index (Phi) is 16.0. The molecular weight excluding hydrogens is 731 g/mol. The summed E-state index contributed by atoms with van der Waals surface area (Å²) in [7, 11) is 0. The number of fused-ring (bicyclic) bond motifs is 5. The number of halogens is 2. The monoisotopic (exact) mass is 772 g/mol. The van der Waals surface area contributed by atoms with Gasteiger partial charge in [-0.15, -0.1) is 93.4 Å². The van der Waals surface area contributed by atoms with E-state index in [1.165, 1.54) is 105 Å². The van der Waals surface area contributed by atoms with E-state index in [4.69, 9.17) is 0 Å². The first-order chi connectivity index (χ1) is 22.0. The van der Waals surface area contributed by atoms with Crippen LogP contribution in [0.4, 0.5) is 0 Å². The molecule has 2 radical (unpaired) electrons. The molecule has 0 bridgehead atoms. The second-order valence-corrected chi connectivity index (χ2v) is 12.1. The van der Waals surface area contributed by atoms with Gasteiger partial charge in [-0.05, 0) is 38.6 Å². The van der Waals surface area contributed by atoms with Crippen LogP contribution in [0, 0.1) is 28.7 Å². The van der Waals surface area contributed by atoms with E-state index in [-0.39, 0.29) is 39.7 Å². The average Bonchev–Trinajstić information content (AvgIpc) is 3.71. The minimum atomic E-state index is 0. The second-order valence-electron chi connectivity index (χ2n) is 12.1. The summed E-state index contributed by atoms with van der Waals surface area (Å²) in [5.74, 6) is 0.548. The Morgan fingerprint density at radius 1 is 0.531 bits per heavy atom. The van der Waals surface area contributed by atoms with Gasteiger partial charge in [0.25, 0.3) is 0 Å². The maximum atomic E-state index is 3.06. The number of aryl methyl sites for hydroxylation is 2. The molecule has 0 nitrogen and oxygen atoms in total. The van der Waals surface area contributed by atoms with Crippen molar-refractivity contribution in [3.63, 3.8) is 0 Å². The summed E-state index contributed by atoms with van der Waals surface area (Å²) in [5.41, 5.74) is 9.38. The molecule has 0 aliphatic heterocycles. The molecule has 0 N–H and O–H groups in total. The van der Waals surface area contributed by atoms with Crippen molar-refractivity contribution in [2.75, 3.05) is 0 Å². The van der Waals surface area contributed by atoms with E-state index >= 15 is 0 Å². The van der Waals surface area contributed by atoms with Gasteiger partial charge in [0.05, 0.1) is 0 Å². The summed E-state index contributed by atoms with van der Waals surface area (Å²) < 4.78 is 0. The SMILES string of the molecule is CC(C)c1cc2c(-c3cccc4c3ccc3ccccc34)cccc2[cH-]1.Cc1cc2c(-c3ccccc3)ccc(C)c2[cH-]1.Cl.Cl.[CH3-].[CH3-].[Si]=[Zr]. The molecule has 8 aromatic carbocycles. The Labute approximate surface area is 322 Å². The van der Waals surface area contributed by atoms with Crippen molar-refractivity contribution in [3.05, 3.63) is 171 Å². The van der Waals surface area contributed by atoms with Crippen LogP contribution in [-0.4, -0.2) is 6.88 Å². The molecular formula is C45H44Cl2SiZr-4. The fourth-order valence-corrected chi connectivity index (χ4v) is 6.56. The zero-order chi connectivity index (χ0) is 31.5. The maximum absolute atomic E-state index is 3.06. The molecule has 0 aliphatic carbocycles. The van der Waals surface area contributed by atoms with Crippen LogP contribution < -0.4 is 0 Å². The van der Waals surface area contributed by atoms with Crippen molar-refractivity contribution in [1.29, 1.82) is 0 Å². The topological polar surface area (TPSA) is 0 Å². The van der Waals surface area contributed by atoms with Gasteiger partial charge >= 0.3 is 30.2 Å². The Morgan fingerprint density at radius 2 is 1.16 bits per heavy atom. The van der Waals surface area contributed by atoms with Gasteiger partial charge in [-0.25, -0.2) is 0 Å². The van der Waals surface area contributed by atoms with Gasteiger partial charge in [0.1, 0.15) is 0 Å². The zero-order valence-electron chi connectivity index (χ0n) is 29.2. The van der Waals surface area contributed by atoms with Crippen LogP contribution >= 0.6 is 24.8 Å². The van der Waals surface area contributed by atoms with Crippen molar-refractivity contribution in [2.24, 2.45) is 0 Å². The molecule has 0 saturated heterocycles. The molecule has 0 saturated carbocycles. The first-order valence-electron chi connectivity index (χ1n) is 15.6. The van der Waals surface area contributed by atoms with Crippen LogP contribution in [0.25, 0.3) is 65.3 Å². The van der Waals surface area contributed by atoms with Crippen LogP contribution in [0.1, 0.15) is 36.5 Å². The molecule has 0 atom stereocenters. The summed E-state index contributed by atoms with van der Waals surface area (Å²) in [6, 6.07) is 50.8. The Bertz CT molecular complexity index is 2260. The van der Waals surface area contributed by atoms with Gasteiger partial charge in [0, 0.05) is 0 Å². The Balaban J connectivity index is 0.000000320. The molecule has 0 heterocycles. The summed E-state index contributed by atoms with van der Waals surface area (Å²) in [5, 5.41) is 10.7. The number of rotatable bonds is 3. The molecule has 8 aromatic rings. The van der Waals surface area contributed by atoms with Gasteiger partial charge in [0.15, 0.2) is 0 Å². The number of hydrogen-bond acceptors (Lipinski definition) is 0. The van der Waals surface area contributed by atoms with Crippen LogP contribution in [0.3, 0.4) is 0 Å². The van der Waals surface area contributed by atoms with Gasteiger partial charge in [-0.1, -0.05) is 136 Å². The standard InChI is InChI=1S/C26H21.C17H15.2CH3.2ClH.Si.Zr/c1-17(2)20-15-19-8-5-10-24(26(19)16-20)23-12-6-11-22-21-9-4-3-7-18(21)13-14-25(22)23;1-12-10-16-13(2)8-9-15(17(16)11-12)14-6-4-3-5-7-14;;;;;;/h3-17H,1-2H3;3-11H,1-2H3;2*1H3;2*1H;;/q4*-1;;;;. The molecule has 250 valence electrons. The molecule has 0 aromatic heterocycles. The van der Waals surface area contributed by atoms with E-state index in [2.05, 4.69) is 174 Å². The quantitative estimate of drug-likeness (QED) is 0.0953. The molecule has 0 spiro atoms. The van der Waals surface area contributed by atoms with E-state index in [9.17, 15) is 0 Å². The normalized spacial score (nSPS) is 10.1. The molecule has 0 fully saturated rings. The summed E-state index contributed by atoms with van der Waals surface area (Å²) in [6.07, 6.45) is 0. The molecule has 4 heteroatoms. The van der Waals surface area contributed by atoms with Gasteiger partial charge in [-0.3, -0.25) is 0 Å². The molecule has 49 heavy (non-hydrogen) atoms. The van der Waals surface area contributed by atoms with E-state index < -0.39 is 0 Å². The fourth-order valence-electron chi connectivity index (χ4n) is 6.56. The fraction of sp³-hybridized carbons (Fsp3) is 0.111. The zero-order valence-corrected chi connectivity index (χ0v) is 34.3. The second kappa shape index (κ2) is 18.7. The van der Waals surface area contributed by atoms with E-state index in [0.717, 1.165) is 0 Å². The van der Waals surface area contributed by atoms with E-state index in [1.54, 1.807) is 0 Å². The predicted molar refractivity (Wildman–Crippen MR) is 222 cm³/mol. The summed E-state index contributed by atoms with van der Waals surface area (Å²) in [4.78, 5) is 0. The number of benzene rings is 6.